The lowest BCUT2D eigenvalue weighted by molar-refractivity contribution is -0.137. The van der Waals surface area contributed by atoms with Crippen LogP contribution in [0.3, 0.4) is 0 Å². The van der Waals surface area contributed by atoms with Gasteiger partial charge in [0.05, 0.1) is 62.3 Å². The van der Waals surface area contributed by atoms with Crippen molar-refractivity contribution in [2.75, 3.05) is 0 Å². The van der Waals surface area contributed by atoms with Crippen LogP contribution in [0.15, 0.2) is 115 Å². The van der Waals surface area contributed by atoms with Crippen LogP contribution in [0.5, 0.6) is 0 Å². The Kier molecular flexibility index (Phi) is 7.80. The van der Waals surface area contributed by atoms with Crippen LogP contribution in [0.25, 0.3) is 66.1 Å². The minimum absolute atomic E-state index is 0.115. The van der Waals surface area contributed by atoms with Crippen LogP contribution in [0.1, 0.15) is 69.4 Å². The van der Waals surface area contributed by atoms with E-state index in [1.54, 1.807) is 12.1 Å². The van der Waals surface area contributed by atoms with Crippen molar-refractivity contribution in [1.29, 1.82) is 10.5 Å². The summed E-state index contributed by atoms with van der Waals surface area (Å²) in [5, 5.41) is 24.7. The Hall–Kier alpha value is -6.31. The Morgan fingerprint density at radius 1 is 0.463 bits per heavy atom. The summed E-state index contributed by atoms with van der Waals surface area (Å²) in [6.07, 6.45) is -4.71. The first-order valence-electron chi connectivity index (χ1n) is 17.9. The normalized spacial score (nSPS) is 12.5. The zero-order chi connectivity index (χ0) is 38.3. The number of benzene rings is 6. The van der Waals surface area contributed by atoms with Crippen LogP contribution in [-0.2, 0) is 17.0 Å². The van der Waals surface area contributed by atoms with Gasteiger partial charge in [0.25, 0.3) is 0 Å². The molecule has 0 radical (unpaired) electrons. The van der Waals surface area contributed by atoms with E-state index in [4.69, 9.17) is 0 Å². The van der Waals surface area contributed by atoms with Gasteiger partial charge in [-0.25, -0.2) is 0 Å². The fraction of sp³-hybridized carbons (Fsp3) is 0.191. The molecule has 0 aliphatic carbocycles. The monoisotopic (exact) mass is 714 g/mol. The molecule has 0 atom stereocenters. The highest BCUT2D eigenvalue weighted by molar-refractivity contribution is 6.12. The smallest absolute Gasteiger partial charge is 0.308 e. The number of para-hydroxylation sites is 2. The average Bonchev–Trinajstić information content (AvgIpc) is 3.65. The number of aromatic nitrogens is 2. The van der Waals surface area contributed by atoms with Gasteiger partial charge >= 0.3 is 6.18 Å². The first-order chi connectivity index (χ1) is 25.6. The van der Waals surface area contributed by atoms with Crippen LogP contribution in [0, 0.1) is 22.7 Å². The second-order valence-electron chi connectivity index (χ2n) is 16.1. The molecule has 0 bridgehead atoms. The van der Waals surface area contributed by atoms with Gasteiger partial charge in [0.15, 0.2) is 0 Å². The number of halogens is 3. The summed E-state index contributed by atoms with van der Waals surface area (Å²) < 4.78 is 48.1. The number of hydrogen-bond donors (Lipinski definition) is 0. The van der Waals surface area contributed by atoms with Gasteiger partial charge in [0.1, 0.15) is 0 Å². The molecule has 54 heavy (non-hydrogen) atoms. The minimum Gasteiger partial charge on any atom is -0.308 e. The molecule has 2 aromatic heterocycles. The van der Waals surface area contributed by atoms with E-state index in [1.807, 2.05) is 54.6 Å². The fourth-order valence-electron chi connectivity index (χ4n) is 7.72. The zero-order valence-electron chi connectivity index (χ0n) is 30.9. The van der Waals surface area contributed by atoms with Crippen molar-refractivity contribution in [3.63, 3.8) is 0 Å². The number of fused-ring (bicyclic) bond motifs is 6. The number of rotatable bonds is 3. The topological polar surface area (TPSA) is 57.4 Å². The van der Waals surface area contributed by atoms with E-state index in [0.717, 1.165) is 66.9 Å². The van der Waals surface area contributed by atoms with Gasteiger partial charge < -0.3 is 9.13 Å². The zero-order valence-corrected chi connectivity index (χ0v) is 30.9. The summed E-state index contributed by atoms with van der Waals surface area (Å²) in [4.78, 5) is 0. The third-order valence-electron chi connectivity index (χ3n) is 10.5. The lowest BCUT2D eigenvalue weighted by atomic mass is 9.86. The lowest BCUT2D eigenvalue weighted by Gasteiger charge is -2.23. The predicted molar refractivity (Wildman–Crippen MR) is 212 cm³/mol. The van der Waals surface area contributed by atoms with Crippen molar-refractivity contribution in [3.8, 4) is 34.6 Å². The molecule has 0 aliphatic heterocycles. The van der Waals surface area contributed by atoms with E-state index >= 15 is 0 Å². The average molecular weight is 715 g/mol. The molecule has 2 heterocycles. The van der Waals surface area contributed by atoms with Gasteiger partial charge in [-0.3, -0.25) is 0 Å². The van der Waals surface area contributed by atoms with E-state index in [-0.39, 0.29) is 22.0 Å². The van der Waals surface area contributed by atoms with E-state index in [2.05, 4.69) is 93.1 Å². The third kappa shape index (κ3) is 5.60. The van der Waals surface area contributed by atoms with Crippen molar-refractivity contribution in [2.24, 2.45) is 0 Å². The molecule has 8 rings (SSSR count). The van der Waals surface area contributed by atoms with Crippen molar-refractivity contribution < 1.29 is 13.2 Å². The molecule has 0 N–H and O–H groups in total. The summed E-state index contributed by atoms with van der Waals surface area (Å²) in [7, 11) is 0. The molecule has 0 saturated heterocycles. The molecular formula is C47H37F3N4. The maximum atomic E-state index is 14.6. The molecule has 0 spiro atoms. The first kappa shape index (κ1) is 34.8. The highest BCUT2D eigenvalue weighted by Gasteiger charge is 2.33. The first-order valence-corrected chi connectivity index (χ1v) is 17.9. The van der Waals surface area contributed by atoms with Crippen molar-refractivity contribution in [1.82, 2.24) is 9.13 Å². The molecule has 4 nitrogen and oxygen atoms in total. The highest BCUT2D eigenvalue weighted by Crippen LogP contribution is 2.45. The van der Waals surface area contributed by atoms with E-state index in [9.17, 15) is 23.7 Å². The second-order valence-corrected chi connectivity index (χ2v) is 16.1. The van der Waals surface area contributed by atoms with Gasteiger partial charge in [0.2, 0.25) is 0 Å². The molecule has 6 aromatic carbocycles. The lowest BCUT2D eigenvalue weighted by Crippen LogP contribution is -2.11. The van der Waals surface area contributed by atoms with Crippen molar-refractivity contribution in [2.45, 2.75) is 58.5 Å². The predicted octanol–water partition coefficient (Wildman–Crippen LogP) is 12.9. The Bertz CT molecular complexity index is 2760. The molecule has 0 amide bonds. The van der Waals surface area contributed by atoms with Crippen molar-refractivity contribution in [3.05, 3.63) is 143 Å². The molecule has 7 heteroatoms. The third-order valence-corrected chi connectivity index (χ3v) is 10.5. The van der Waals surface area contributed by atoms with Crippen LogP contribution in [0.2, 0.25) is 0 Å². The SMILES string of the molecule is CC(C)(C)c1ccc2c3ccccc3n(-c3cc(C#N)cc(-n4c5ccccc5c5ccc(C(C)(C)C)cc54)c3-c3cc(C#N)cc(C(F)(F)F)c3)c2c1. The Labute approximate surface area is 311 Å². The largest absolute Gasteiger partial charge is 0.416 e. The molecule has 0 unspecified atom stereocenters. The summed E-state index contributed by atoms with van der Waals surface area (Å²) >= 11 is 0. The maximum absolute atomic E-state index is 14.6. The second kappa shape index (κ2) is 12.1. The molecule has 0 fully saturated rings. The number of nitriles is 2. The molecule has 266 valence electrons. The summed E-state index contributed by atoms with van der Waals surface area (Å²) in [5.74, 6) is 0. The summed E-state index contributed by atoms with van der Waals surface area (Å²) in [6, 6.07) is 40.0. The summed E-state index contributed by atoms with van der Waals surface area (Å²) in [5.41, 5.74) is 6.20. The summed E-state index contributed by atoms with van der Waals surface area (Å²) in [6.45, 7) is 12.8. The van der Waals surface area contributed by atoms with Crippen LogP contribution in [0.4, 0.5) is 13.2 Å². The number of nitrogens with zero attached hydrogens (tertiary/aromatic N) is 4. The van der Waals surface area contributed by atoms with Crippen LogP contribution < -0.4 is 0 Å². The van der Waals surface area contributed by atoms with Gasteiger partial charge in [-0.2, -0.15) is 23.7 Å². The number of hydrogen-bond acceptors (Lipinski definition) is 2. The van der Waals surface area contributed by atoms with Gasteiger partial charge in [-0.05, 0) is 82.1 Å². The van der Waals surface area contributed by atoms with Crippen molar-refractivity contribution >= 4 is 43.6 Å². The molecule has 0 saturated carbocycles. The minimum atomic E-state index is -4.71. The Balaban J connectivity index is 1.63. The number of alkyl halides is 3. The van der Waals surface area contributed by atoms with Crippen LogP contribution >= 0.6 is 0 Å². The quantitative estimate of drug-likeness (QED) is 0.183. The van der Waals surface area contributed by atoms with E-state index < -0.39 is 11.7 Å². The highest BCUT2D eigenvalue weighted by atomic mass is 19.4. The van der Waals surface area contributed by atoms with Gasteiger partial charge in [-0.1, -0.05) is 102 Å². The van der Waals surface area contributed by atoms with Gasteiger partial charge in [-0.15, -0.1) is 0 Å². The molecule has 8 aromatic rings. The standard InChI is InChI=1S/C47H37F3N4/c1-45(2,3)31-15-17-36-34-11-7-9-13-38(34)53(40(36)24-31)42-21-29(27-52)22-43(44(42)30-19-28(26-51)20-33(23-30)47(48,49)50)54-39-14-10-8-12-35(39)37-18-16-32(25-41(37)54)46(4,5)6/h7-25H,1-6H3. The van der Waals surface area contributed by atoms with Gasteiger partial charge in [0, 0.05) is 27.1 Å². The Morgan fingerprint density at radius 2 is 0.889 bits per heavy atom. The maximum Gasteiger partial charge on any atom is 0.416 e. The Morgan fingerprint density at radius 3 is 1.31 bits per heavy atom. The van der Waals surface area contributed by atoms with E-state index in [0.29, 0.717) is 22.5 Å². The molecular weight excluding hydrogens is 678 g/mol. The van der Waals surface area contributed by atoms with Crippen LogP contribution in [-0.4, -0.2) is 9.13 Å². The molecule has 0 aliphatic rings. The fourth-order valence-corrected chi connectivity index (χ4v) is 7.72. The van der Waals surface area contributed by atoms with E-state index in [1.165, 1.54) is 6.07 Å².